The van der Waals surface area contributed by atoms with E-state index in [0.717, 1.165) is 23.5 Å². The lowest BCUT2D eigenvalue weighted by Crippen LogP contribution is -2.40. The van der Waals surface area contributed by atoms with Gasteiger partial charge in [-0.15, -0.1) is 11.3 Å². The van der Waals surface area contributed by atoms with E-state index < -0.39 is 6.10 Å². The molecule has 1 amide bonds. The second kappa shape index (κ2) is 10.5. The van der Waals surface area contributed by atoms with Gasteiger partial charge < -0.3 is 14.5 Å². The number of hydrogen-bond acceptors (Lipinski definition) is 8. The Hall–Kier alpha value is -2.63. The van der Waals surface area contributed by atoms with Gasteiger partial charge in [-0.05, 0) is 25.0 Å². The van der Waals surface area contributed by atoms with Crippen molar-refractivity contribution in [3.05, 3.63) is 67.7 Å². The molecule has 1 unspecified atom stereocenters. The zero-order valence-electron chi connectivity index (χ0n) is 18.4. The summed E-state index contributed by atoms with van der Waals surface area (Å²) in [4.78, 5) is 32.5. The highest BCUT2D eigenvalue weighted by Crippen LogP contribution is 2.37. The average molecular weight is 581 g/mol. The number of ether oxygens (including phenoxy) is 1. The minimum atomic E-state index is -0.487. The molecule has 1 fully saturated rings. The van der Waals surface area contributed by atoms with Gasteiger partial charge in [-0.25, -0.2) is 19.3 Å². The van der Waals surface area contributed by atoms with E-state index >= 15 is 0 Å². The molecule has 1 aromatic carbocycles. The SMILES string of the molecule is O=C(COc1nccnc1Cl)N1CCC(c2nc(C3=NOC(c4c(F)cccc4Br)C3)cs2)CC1. The van der Waals surface area contributed by atoms with Crippen LogP contribution < -0.4 is 4.74 Å². The van der Waals surface area contributed by atoms with Crippen LogP contribution in [0.1, 0.15) is 47.5 Å². The summed E-state index contributed by atoms with van der Waals surface area (Å²) in [5.74, 6) is -0.0391. The van der Waals surface area contributed by atoms with E-state index in [1.807, 2.05) is 5.38 Å². The summed E-state index contributed by atoms with van der Waals surface area (Å²) in [6.45, 7) is 1.09. The number of hydrogen-bond donors (Lipinski definition) is 0. The maximum Gasteiger partial charge on any atom is 0.260 e. The second-order valence-electron chi connectivity index (χ2n) is 8.14. The number of oxime groups is 1. The number of rotatable bonds is 6. The van der Waals surface area contributed by atoms with Crippen molar-refractivity contribution in [2.24, 2.45) is 5.16 Å². The highest BCUT2D eigenvalue weighted by molar-refractivity contribution is 9.10. The molecule has 0 N–H and O–H groups in total. The number of likely N-dealkylation sites (tertiary alicyclic amines) is 1. The molecule has 0 bridgehead atoms. The van der Waals surface area contributed by atoms with Gasteiger partial charge in [0, 0.05) is 53.2 Å². The summed E-state index contributed by atoms with van der Waals surface area (Å²) in [5, 5.41) is 7.28. The van der Waals surface area contributed by atoms with Gasteiger partial charge in [0.05, 0.1) is 10.7 Å². The molecule has 35 heavy (non-hydrogen) atoms. The third-order valence-corrected chi connectivity index (χ3v) is 7.92. The minimum Gasteiger partial charge on any atom is -0.465 e. The highest BCUT2D eigenvalue weighted by Gasteiger charge is 2.31. The van der Waals surface area contributed by atoms with Crippen LogP contribution in [-0.4, -0.2) is 51.2 Å². The molecule has 2 aliphatic rings. The summed E-state index contributed by atoms with van der Waals surface area (Å²) in [7, 11) is 0. The Bertz CT molecular complexity index is 1250. The fourth-order valence-corrected chi connectivity index (χ4v) is 5.87. The Kier molecular flexibility index (Phi) is 7.26. The van der Waals surface area contributed by atoms with Gasteiger partial charge in [0.2, 0.25) is 0 Å². The number of halogens is 3. The normalized spacial score (nSPS) is 18.3. The van der Waals surface area contributed by atoms with Crippen LogP contribution in [0, 0.1) is 5.82 Å². The summed E-state index contributed by atoms with van der Waals surface area (Å²) < 4.78 is 20.4. The lowest BCUT2D eigenvalue weighted by atomic mass is 9.97. The summed E-state index contributed by atoms with van der Waals surface area (Å²) in [6, 6.07) is 4.84. The third kappa shape index (κ3) is 5.31. The van der Waals surface area contributed by atoms with E-state index in [4.69, 9.17) is 26.2 Å². The highest BCUT2D eigenvalue weighted by atomic mass is 79.9. The van der Waals surface area contributed by atoms with Crippen molar-refractivity contribution in [1.29, 1.82) is 0 Å². The molecule has 0 saturated carbocycles. The first-order valence-electron chi connectivity index (χ1n) is 11.0. The van der Waals surface area contributed by atoms with Crippen LogP contribution in [0.5, 0.6) is 5.88 Å². The molecular formula is C23H20BrClFN5O3S. The summed E-state index contributed by atoms with van der Waals surface area (Å²) in [6.07, 6.45) is 4.49. The van der Waals surface area contributed by atoms with Crippen molar-refractivity contribution in [1.82, 2.24) is 19.9 Å². The van der Waals surface area contributed by atoms with E-state index in [9.17, 15) is 9.18 Å². The zero-order valence-corrected chi connectivity index (χ0v) is 21.5. The molecule has 0 spiro atoms. The zero-order chi connectivity index (χ0) is 24.4. The van der Waals surface area contributed by atoms with Gasteiger partial charge in [0.25, 0.3) is 11.8 Å². The fourth-order valence-electron chi connectivity index (χ4n) is 4.11. The molecular weight excluding hydrogens is 561 g/mol. The van der Waals surface area contributed by atoms with Crippen molar-refractivity contribution in [2.45, 2.75) is 31.3 Å². The molecule has 2 aliphatic heterocycles. The molecule has 1 saturated heterocycles. The van der Waals surface area contributed by atoms with Crippen LogP contribution in [0.4, 0.5) is 4.39 Å². The lowest BCUT2D eigenvalue weighted by molar-refractivity contribution is -0.134. The van der Waals surface area contributed by atoms with Gasteiger partial charge >= 0.3 is 0 Å². The van der Waals surface area contributed by atoms with Crippen LogP contribution in [0.15, 0.2) is 45.6 Å². The Morgan fingerprint density at radius 1 is 1.29 bits per heavy atom. The first-order valence-corrected chi connectivity index (χ1v) is 13.0. The Morgan fingerprint density at radius 3 is 2.86 bits per heavy atom. The first kappa shape index (κ1) is 24.1. The number of thiazole rings is 1. The van der Waals surface area contributed by atoms with E-state index in [1.54, 1.807) is 28.4 Å². The molecule has 2 aromatic heterocycles. The predicted octanol–water partition coefficient (Wildman–Crippen LogP) is 5.14. The number of carbonyl (C=O) groups excluding carboxylic acids is 1. The maximum absolute atomic E-state index is 14.3. The van der Waals surface area contributed by atoms with E-state index in [1.165, 1.54) is 18.5 Å². The largest absolute Gasteiger partial charge is 0.465 e. The van der Waals surface area contributed by atoms with Crippen LogP contribution in [0.2, 0.25) is 5.15 Å². The standard InChI is InChI=1S/C23H20BrClFN5O3S/c24-14-2-1-3-15(26)20(14)18-10-16(30-34-18)17-12-35-23(29-17)13-4-8-31(9-5-13)19(32)11-33-22-21(25)27-6-7-28-22/h1-3,6-7,12-13,18H,4-5,8-11H2. The first-order chi connectivity index (χ1) is 17.0. The summed E-state index contributed by atoms with van der Waals surface area (Å²) in [5.41, 5.74) is 1.93. The fraction of sp³-hybridized carbons (Fsp3) is 0.348. The van der Waals surface area contributed by atoms with Crippen LogP contribution in [-0.2, 0) is 9.63 Å². The number of carbonyl (C=O) groups is 1. The Morgan fingerprint density at radius 2 is 2.09 bits per heavy atom. The molecule has 0 radical (unpaired) electrons. The Labute approximate surface area is 218 Å². The second-order valence-corrected chi connectivity index (χ2v) is 10.2. The maximum atomic E-state index is 14.3. The van der Waals surface area contributed by atoms with E-state index in [0.29, 0.717) is 35.3 Å². The predicted molar refractivity (Wildman–Crippen MR) is 132 cm³/mol. The van der Waals surface area contributed by atoms with Crippen LogP contribution in [0.3, 0.4) is 0 Å². The average Bonchev–Trinajstić information content (AvgIpc) is 3.54. The molecule has 0 aliphatic carbocycles. The monoisotopic (exact) mass is 579 g/mol. The van der Waals surface area contributed by atoms with Crippen molar-refractivity contribution in [3.8, 4) is 5.88 Å². The third-order valence-electron chi connectivity index (χ3n) is 5.96. The lowest BCUT2D eigenvalue weighted by Gasteiger charge is -2.31. The van der Waals surface area contributed by atoms with E-state index in [2.05, 4.69) is 31.1 Å². The number of piperidine rings is 1. The van der Waals surface area contributed by atoms with Crippen molar-refractivity contribution < 1.29 is 18.8 Å². The van der Waals surface area contributed by atoms with Crippen molar-refractivity contribution in [2.75, 3.05) is 19.7 Å². The van der Waals surface area contributed by atoms with Gasteiger partial charge in [-0.2, -0.15) is 0 Å². The number of amides is 1. The molecule has 1 atom stereocenters. The van der Waals surface area contributed by atoms with Crippen LogP contribution in [0.25, 0.3) is 0 Å². The number of benzene rings is 1. The van der Waals surface area contributed by atoms with E-state index in [-0.39, 0.29) is 35.3 Å². The number of aromatic nitrogens is 3. The quantitative estimate of drug-likeness (QED) is 0.401. The molecule has 5 rings (SSSR count). The smallest absolute Gasteiger partial charge is 0.260 e. The minimum absolute atomic E-state index is 0.118. The molecule has 8 nitrogen and oxygen atoms in total. The molecule has 182 valence electrons. The van der Waals surface area contributed by atoms with Crippen molar-refractivity contribution in [3.63, 3.8) is 0 Å². The van der Waals surface area contributed by atoms with Gasteiger partial charge in [-0.3, -0.25) is 4.79 Å². The number of nitrogens with zero attached hydrogens (tertiary/aromatic N) is 5. The van der Waals surface area contributed by atoms with Gasteiger partial charge in [0.1, 0.15) is 11.5 Å². The molecule has 3 aromatic rings. The Balaban J connectivity index is 1.14. The topological polar surface area (TPSA) is 89.8 Å². The van der Waals surface area contributed by atoms with Gasteiger partial charge in [-0.1, -0.05) is 38.8 Å². The van der Waals surface area contributed by atoms with Crippen molar-refractivity contribution >= 4 is 50.5 Å². The van der Waals surface area contributed by atoms with Crippen LogP contribution >= 0.6 is 38.9 Å². The molecule has 12 heteroatoms. The summed E-state index contributed by atoms with van der Waals surface area (Å²) >= 11 is 10.9. The van der Waals surface area contributed by atoms with Gasteiger partial charge in [0.15, 0.2) is 17.9 Å². The molecule has 4 heterocycles.